The Bertz CT molecular complexity index is 1920. The molecule has 7 rings (SSSR count). The van der Waals surface area contributed by atoms with E-state index in [2.05, 4.69) is 30.5 Å². The van der Waals surface area contributed by atoms with E-state index in [1.54, 1.807) is 18.6 Å². The molecule has 4 heterocycles. The Kier molecular flexibility index (Phi) is 6.19. The van der Waals surface area contributed by atoms with Gasteiger partial charge in [-0.05, 0) is 60.4 Å². The molecule has 4 aromatic heterocycles. The van der Waals surface area contributed by atoms with Crippen molar-refractivity contribution in [1.82, 2.24) is 25.1 Å². The lowest BCUT2D eigenvalue weighted by atomic mass is 10.0. The highest BCUT2D eigenvalue weighted by molar-refractivity contribution is 6.01. The molecule has 1 aliphatic rings. The minimum Gasteiger partial charge on any atom is -0.497 e. The second kappa shape index (κ2) is 10.2. The number of aromatic nitrogens is 5. The van der Waals surface area contributed by atoms with Crippen molar-refractivity contribution in [3.05, 3.63) is 79.0 Å². The van der Waals surface area contributed by atoms with Crippen molar-refractivity contribution in [2.24, 2.45) is 5.92 Å². The molecule has 0 bridgehead atoms. The van der Waals surface area contributed by atoms with E-state index in [-0.39, 0.29) is 17.6 Å². The van der Waals surface area contributed by atoms with Crippen LogP contribution in [0.1, 0.15) is 25.7 Å². The molecule has 1 saturated carbocycles. The predicted molar refractivity (Wildman–Crippen MR) is 157 cm³/mol. The van der Waals surface area contributed by atoms with Crippen molar-refractivity contribution in [1.29, 1.82) is 0 Å². The van der Waals surface area contributed by atoms with Crippen LogP contribution < -0.4 is 10.1 Å². The van der Waals surface area contributed by atoms with E-state index < -0.39 is 0 Å². The zero-order valence-corrected chi connectivity index (χ0v) is 22.4. The van der Waals surface area contributed by atoms with E-state index in [0.29, 0.717) is 17.1 Å². The number of fused-ring (bicyclic) bond motifs is 2. The van der Waals surface area contributed by atoms with Gasteiger partial charge < -0.3 is 15.0 Å². The Morgan fingerprint density at radius 1 is 0.976 bits per heavy atom. The molecule has 0 saturated heterocycles. The summed E-state index contributed by atoms with van der Waals surface area (Å²) in [7, 11) is 1.53. The first-order chi connectivity index (χ1) is 20.1. The number of methoxy groups -OCH3 is 1. The fourth-order valence-electron chi connectivity index (χ4n) is 5.73. The Morgan fingerprint density at radius 3 is 2.71 bits per heavy atom. The van der Waals surface area contributed by atoms with Gasteiger partial charge in [-0.3, -0.25) is 19.9 Å². The first-order valence-electron chi connectivity index (χ1n) is 13.6. The quantitative estimate of drug-likeness (QED) is 0.206. The molecule has 1 aliphatic carbocycles. The number of amides is 1. The van der Waals surface area contributed by atoms with E-state index >= 15 is 0 Å². The van der Waals surface area contributed by atoms with Crippen LogP contribution in [0.5, 0.6) is 5.75 Å². The molecule has 0 aliphatic heterocycles. The van der Waals surface area contributed by atoms with Gasteiger partial charge in [0.15, 0.2) is 0 Å². The number of nitrogens with one attached hydrogen (secondary N) is 3. The van der Waals surface area contributed by atoms with Gasteiger partial charge in [0.25, 0.3) is 0 Å². The van der Waals surface area contributed by atoms with E-state index in [1.165, 1.54) is 19.2 Å². The van der Waals surface area contributed by atoms with Gasteiger partial charge in [-0.25, -0.2) is 4.39 Å². The molecule has 0 atom stereocenters. The first kappa shape index (κ1) is 25.0. The average Bonchev–Trinajstić information content (AvgIpc) is 3.76. The molecule has 0 unspecified atom stereocenters. The number of nitrogens with zero attached hydrogens (tertiary/aromatic N) is 3. The number of halogens is 1. The summed E-state index contributed by atoms with van der Waals surface area (Å²) in [4.78, 5) is 25.1. The van der Waals surface area contributed by atoms with Gasteiger partial charge in [-0.1, -0.05) is 25.0 Å². The standard InChI is InChI=1S/C32H27FN6O2/c1-41-23-11-19(9-21(33)12-23)24-7-4-8-27-25(24)13-29(37-27)31-26-14-28(35-17-30(26)38-39-31)20-10-22(16-34-15-20)36-32(40)18-5-2-3-6-18/h4,7-18,37H,2-3,5-6H2,1H3,(H,36,40)(H,38,39). The third-order valence-corrected chi connectivity index (χ3v) is 7.81. The van der Waals surface area contributed by atoms with Crippen molar-refractivity contribution in [2.75, 3.05) is 12.4 Å². The number of H-pyrrole nitrogens is 2. The molecule has 41 heavy (non-hydrogen) atoms. The molecule has 9 heteroatoms. The Hall–Kier alpha value is -5.05. The van der Waals surface area contributed by atoms with Crippen molar-refractivity contribution < 1.29 is 13.9 Å². The van der Waals surface area contributed by atoms with Gasteiger partial charge >= 0.3 is 0 Å². The van der Waals surface area contributed by atoms with Gasteiger partial charge in [-0.2, -0.15) is 5.10 Å². The highest BCUT2D eigenvalue weighted by atomic mass is 19.1. The van der Waals surface area contributed by atoms with Crippen molar-refractivity contribution in [2.45, 2.75) is 25.7 Å². The first-order valence-corrected chi connectivity index (χ1v) is 13.6. The Labute approximate surface area is 235 Å². The minimum absolute atomic E-state index is 0.0526. The van der Waals surface area contributed by atoms with Gasteiger partial charge in [0.1, 0.15) is 17.3 Å². The smallest absolute Gasteiger partial charge is 0.227 e. The zero-order chi connectivity index (χ0) is 27.9. The number of rotatable bonds is 6. The number of hydrogen-bond acceptors (Lipinski definition) is 5. The summed E-state index contributed by atoms with van der Waals surface area (Å²) < 4.78 is 19.6. The second-order valence-corrected chi connectivity index (χ2v) is 10.4. The predicted octanol–water partition coefficient (Wildman–Crippen LogP) is 7.11. The van der Waals surface area contributed by atoms with Crippen LogP contribution in [0.25, 0.3) is 55.6 Å². The fourth-order valence-corrected chi connectivity index (χ4v) is 5.73. The molecule has 6 aromatic rings. The topological polar surface area (TPSA) is 109 Å². The average molecular weight is 547 g/mol. The highest BCUT2D eigenvalue weighted by Crippen LogP contribution is 2.36. The summed E-state index contributed by atoms with van der Waals surface area (Å²) in [5, 5.41) is 12.5. The third kappa shape index (κ3) is 4.69. The van der Waals surface area contributed by atoms with Crippen LogP contribution in [0, 0.1) is 11.7 Å². The second-order valence-electron chi connectivity index (χ2n) is 10.4. The summed E-state index contributed by atoms with van der Waals surface area (Å²) >= 11 is 0. The summed E-state index contributed by atoms with van der Waals surface area (Å²) in [5.41, 5.74) is 7.02. The zero-order valence-electron chi connectivity index (χ0n) is 22.4. The molecular formula is C32H27FN6O2. The largest absolute Gasteiger partial charge is 0.497 e. The number of hydrogen-bond donors (Lipinski definition) is 3. The summed E-state index contributed by atoms with van der Waals surface area (Å²) in [6, 6.07) is 16.5. The molecule has 2 aromatic carbocycles. The number of pyridine rings is 2. The lowest BCUT2D eigenvalue weighted by molar-refractivity contribution is -0.119. The minimum atomic E-state index is -0.359. The van der Waals surface area contributed by atoms with Crippen LogP contribution in [-0.2, 0) is 4.79 Å². The van der Waals surface area contributed by atoms with E-state index in [0.717, 1.165) is 75.6 Å². The van der Waals surface area contributed by atoms with Gasteiger partial charge in [0.2, 0.25) is 5.91 Å². The molecule has 204 valence electrons. The highest BCUT2D eigenvalue weighted by Gasteiger charge is 2.23. The van der Waals surface area contributed by atoms with Gasteiger partial charge in [0, 0.05) is 40.0 Å². The lowest BCUT2D eigenvalue weighted by Gasteiger charge is -2.11. The van der Waals surface area contributed by atoms with Gasteiger partial charge in [0.05, 0.1) is 42.1 Å². The molecule has 0 radical (unpaired) electrons. The monoisotopic (exact) mass is 546 g/mol. The van der Waals surface area contributed by atoms with Gasteiger partial charge in [-0.15, -0.1) is 0 Å². The lowest BCUT2D eigenvalue weighted by Crippen LogP contribution is -2.20. The number of aromatic amines is 2. The number of carbonyl (C=O) groups excluding carboxylic acids is 1. The number of anilines is 1. The van der Waals surface area contributed by atoms with Crippen LogP contribution in [0.2, 0.25) is 0 Å². The Balaban J connectivity index is 1.25. The fraction of sp³-hybridized carbons (Fsp3) is 0.188. The van der Waals surface area contributed by atoms with Crippen LogP contribution >= 0.6 is 0 Å². The molecule has 1 fully saturated rings. The molecular weight excluding hydrogens is 519 g/mol. The SMILES string of the molecule is COc1cc(F)cc(-c2cccc3[nH]c(-c4n[nH]c5cnc(-c6cncc(NC(=O)C7CCCC7)c6)cc45)cc23)c1. The van der Waals surface area contributed by atoms with Crippen LogP contribution in [-0.4, -0.2) is 38.2 Å². The molecule has 0 spiro atoms. The number of benzene rings is 2. The Morgan fingerprint density at radius 2 is 1.85 bits per heavy atom. The van der Waals surface area contributed by atoms with Crippen molar-refractivity contribution >= 4 is 33.4 Å². The maximum Gasteiger partial charge on any atom is 0.227 e. The number of carbonyl (C=O) groups is 1. The van der Waals surface area contributed by atoms with Crippen LogP contribution in [0.3, 0.4) is 0 Å². The summed E-state index contributed by atoms with van der Waals surface area (Å²) in [5.74, 6) is 0.225. The third-order valence-electron chi connectivity index (χ3n) is 7.81. The van der Waals surface area contributed by atoms with Crippen LogP contribution in [0.4, 0.5) is 10.1 Å². The maximum atomic E-state index is 14.3. The summed E-state index contributed by atoms with van der Waals surface area (Å²) in [6.07, 6.45) is 9.22. The van der Waals surface area contributed by atoms with Crippen molar-refractivity contribution in [3.63, 3.8) is 0 Å². The summed E-state index contributed by atoms with van der Waals surface area (Å²) in [6.45, 7) is 0. The molecule has 8 nitrogen and oxygen atoms in total. The van der Waals surface area contributed by atoms with E-state index in [9.17, 15) is 9.18 Å². The molecule has 3 N–H and O–H groups in total. The number of ether oxygens (including phenoxy) is 1. The van der Waals surface area contributed by atoms with E-state index in [4.69, 9.17) is 4.74 Å². The van der Waals surface area contributed by atoms with E-state index in [1.807, 2.05) is 42.5 Å². The van der Waals surface area contributed by atoms with Crippen molar-refractivity contribution in [3.8, 4) is 39.5 Å². The van der Waals surface area contributed by atoms with Crippen LogP contribution in [0.15, 0.2) is 73.2 Å². The molecule has 1 amide bonds. The normalized spacial score (nSPS) is 13.7. The maximum absolute atomic E-state index is 14.3.